The average molecular weight is 255 g/mol. The Hall–Kier alpha value is -1.69. The van der Waals surface area contributed by atoms with Crippen LogP contribution in [0.2, 0.25) is 0 Å². The molecule has 0 fully saturated rings. The van der Waals surface area contributed by atoms with Crippen LogP contribution in [-0.4, -0.2) is 32.2 Å². The maximum atomic E-state index is 11.6. The predicted octanol–water partition coefficient (Wildman–Crippen LogP) is 1.09. The molecule has 0 aromatic heterocycles. The first-order chi connectivity index (χ1) is 8.04. The van der Waals surface area contributed by atoms with Crippen LogP contribution in [0.3, 0.4) is 0 Å². The zero-order valence-corrected chi connectivity index (χ0v) is 10.6. The number of ketones is 1. The van der Waals surface area contributed by atoms with Gasteiger partial charge in [0.2, 0.25) is 0 Å². The minimum absolute atomic E-state index is 0.106. The number of hydrogen-bond donors (Lipinski definition) is 1. The van der Waals surface area contributed by atoms with Gasteiger partial charge in [0.25, 0.3) is 11.7 Å². The quantitative estimate of drug-likeness (QED) is 0.484. The van der Waals surface area contributed by atoms with Crippen molar-refractivity contribution in [3.63, 3.8) is 0 Å². The second-order valence-corrected chi connectivity index (χ2v) is 3.95. The van der Waals surface area contributed by atoms with Crippen molar-refractivity contribution in [1.82, 2.24) is 0 Å². The molecule has 0 atom stereocenters. The van der Waals surface area contributed by atoms with E-state index in [2.05, 4.69) is 0 Å². The number of carbonyl (C=O) groups excluding carboxylic acids is 2. The average Bonchev–Trinajstić information content (AvgIpc) is 2.35. The van der Waals surface area contributed by atoms with Crippen molar-refractivity contribution in [2.24, 2.45) is 5.73 Å². The number of carbonyl (C=O) groups is 2. The van der Waals surface area contributed by atoms with Crippen LogP contribution in [-0.2, 0) is 4.79 Å². The van der Waals surface area contributed by atoms with Crippen LogP contribution in [0.25, 0.3) is 0 Å². The summed E-state index contributed by atoms with van der Waals surface area (Å²) in [5.74, 6) is -1.02. The largest absolute Gasteiger partial charge is 0.496 e. The number of primary amides is 1. The molecule has 1 aromatic rings. The lowest BCUT2D eigenvalue weighted by Gasteiger charge is -2.12. The highest BCUT2D eigenvalue weighted by Gasteiger charge is 2.20. The Labute approximate surface area is 103 Å². The molecule has 1 amide bonds. The van der Waals surface area contributed by atoms with Crippen molar-refractivity contribution in [3.05, 3.63) is 17.7 Å². The number of methoxy groups -OCH3 is 2. The van der Waals surface area contributed by atoms with Gasteiger partial charge in [-0.3, -0.25) is 9.59 Å². The summed E-state index contributed by atoms with van der Waals surface area (Å²) in [5, 5.41) is 0. The van der Waals surface area contributed by atoms with E-state index in [0.29, 0.717) is 11.5 Å². The number of Topliss-reactive ketones (excluding diaryl/α,β-unsaturated/α-hetero) is 1. The minimum Gasteiger partial charge on any atom is -0.496 e. The van der Waals surface area contributed by atoms with Crippen LogP contribution >= 0.6 is 11.8 Å². The highest BCUT2D eigenvalue weighted by atomic mass is 32.2. The second-order valence-electron chi connectivity index (χ2n) is 3.10. The highest BCUT2D eigenvalue weighted by Crippen LogP contribution is 2.34. The molecule has 0 spiro atoms. The van der Waals surface area contributed by atoms with Gasteiger partial charge in [-0.05, 0) is 18.4 Å². The van der Waals surface area contributed by atoms with Crippen LogP contribution < -0.4 is 15.2 Å². The fraction of sp³-hybridized carbons (Fsp3) is 0.273. The number of rotatable bonds is 5. The minimum atomic E-state index is -1.03. The normalized spacial score (nSPS) is 9.82. The Morgan fingerprint density at radius 2 is 1.76 bits per heavy atom. The molecule has 0 aliphatic heterocycles. The van der Waals surface area contributed by atoms with Crippen molar-refractivity contribution < 1.29 is 19.1 Å². The summed E-state index contributed by atoms with van der Waals surface area (Å²) in [6, 6.07) is 3.09. The lowest BCUT2D eigenvalue weighted by atomic mass is 10.1. The van der Waals surface area contributed by atoms with E-state index in [1.54, 1.807) is 6.07 Å². The molecule has 1 aromatic carbocycles. The molecule has 0 saturated heterocycles. The predicted molar refractivity (Wildman–Crippen MR) is 64.9 cm³/mol. The molecule has 1 rings (SSSR count). The van der Waals surface area contributed by atoms with Crippen molar-refractivity contribution in [3.8, 4) is 11.5 Å². The summed E-state index contributed by atoms with van der Waals surface area (Å²) in [5.41, 5.74) is 5.07. The second kappa shape index (κ2) is 5.58. The molecule has 5 nitrogen and oxygen atoms in total. The zero-order chi connectivity index (χ0) is 13.0. The standard InChI is InChI=1S/C11H13NO4S/c1-15-7-5-9(17-3)8(16-2)4-6(7)10(13)11(12)14/h4-5H,1-3H3,(H2,12,14). The van der Waals surface area contributed by atoms with E-state index in [4.69, 9.17) is 15.2 Å². The lowest BCUT2D eigenvalue weighted by molar-refractivity contribution is -0.114. The van der Waals surface area contributed by atoms with E-state index in [9.17, 15) is 9.59 Å². The monoisotopic (exact) mass is 255 g/mol. The molecule has 0 heterocycles. The van der Waals surface area contributed by atoms with Crippen molar-refractivity contribution in [1.29, 1.82) is 0 Å². The number of amides is 1. The lowest BCUT2D eigenvalue weighted by Crippen LogP contribution is -2.23. The summed E-state index contributed by atoms with van der Waals surface area (Å²) < 4.78 is 10.2. The van der Waals surface area contributed by atoms with Gasteiger partial charge in [-0.15, -0.1) is 11.8 Å². The summed E-state index contributed by atoms with van der Waals surface area (Å²) in [6.45, 7) is 0. The number of hydrogen-bond acceptors (Lipinski definition) is 5. The van der Waals surface area contributed by atoms with Crippen LogP contribution in [0.15, 0.2) is 17.0 Å². The zero-order valence-electron chi connectivity index (χ0n) is 9.77. The van der Waals surface area contributed by atoms with Gasteiger partial charge in [-0.25, -0.2) is 0 Å². The Balaban J connectivity index is 3.38. The van der Waals surface area contributed by atoms with Gasteiger partial charge in [0.15, 0.2) is 0 Å². The number of nitrogens with two attached hydrogens (primary N) is 1. The molecule has 2 N–H and O–H groups in total. The first-order valence-electron chi connectivity index (χ1n) is 4.69. The number of thioether (sulfide) groups is 1. The number of benzene rings is 1. The van der Waals surface area contributed by atoms with Gasteiger partial charge in [0.05, 0.1) is 24.7 Å². The third-order valence-corrected chi connectivity index (χ3v) is 2.93. The molecule has 92 valence electrons. The molecule has 0 aliphatic carbocycles. The fourth-order valence-electron chi connectivity index (χ4n) is 1.34. The first kappa shape index (κ1) is 13.4. The molecule has 0 bridgehead atoms. The first-order valence-corrected chi connectivity index (χ1v) is 5.91. The molecule has 6 heteroatoms. The maximum Gasteiger partial charge on any atom is 0.289 e. The van der Waals surface area contributed by atoms with E-state index in [1.807, 2.05) is 6.26 Å². The Morgan fingerprint density at radius 1 is 1.18 bits per heavy atom. The molecule has 0 unspecified atom stereocenters. The van der Waals surface area contributed by atoms with Crippen LogP contribution in [0.5, 0.6) is 11.5 Å². The summed E-state index contributed by atoms with van der Waals surface area (Å²) in [6.07, 6.45) is 1.87. The van der Waals surface area contributed by atoms with Crippen molar-refractivity contribution in [2.45, 2.75) is 4.90 Å². The smallest absolute Gasteiger partial charge is 0.289 e. The summed E-state index contributed by atoms with van der Waals surface area (Å²) in [7, 11) is 2.91. The van der Waals surface area contributed by atoms with Crippen molar-refractivity contribution >= 4 is 23.5 Å². The summed E-state index contributed by atoms with van der Waals surface area (Å²) in [4.78, 5) is 23.3. The molecule has 0 aliphatic rings. The highest BCUT2D eigenvalue weighted by molar-refractivity contribution is 7.98. The van der Waals surface area contributed by atoms with Crippen LogP contribution in [0.1, 0.15) is 10.4 Å². The van der Waals surface area contributed by atoms with Gasteiger partial charge in [0, 0.05) is 0 Å². The molecule has 17 heavy (non-hydrogen) atoms. The van der Waals surface area contributed by atoms with Gasteiger partial charge in [-0.2, -0.15) is 0 Å². The molecule has 0 radical (unpaired) electrons. The third-order valence-electron chi connectivity index (χ3n) is 2.17. The van der Waals surface area contributed by atoms with Gasteiger partial charge in [0.1, 0.15) is 11.5 Å². The van der Waals surface area contributed by atoms with Gasteiger partial charge >= 0.3 is 0 Å². The topological polar surface area (TPSA) is 78.6 Å². The van der Waals surface area contributed by atoms with Crippen LogP contribution in [0.4, 0.5) is 0 Å². The van der Waals surface area contributed by atoms with E-state index in [1.165, 1.54) is 32.0 Å². The third kappa shape index (κ3) is 2.71. The number of ether oxygens (including phenoxy) is 2. The molecule has 0 saturated carbocycles. The Morgan fingerprint density at radius 3 is 2.18 bits per heavy atom. The fourth-order valence-corrected chi connectivity index (χ4v) is 1.91. The summed E-state index contributed by atoms with van der Waals surface area (Å²) >= 11 is 1.45. The molecular weight excluding hydrogens is 242 g/mol. The van der Waals surface area contributed by atoms with E-state index in [-0.39, 0.29) is 5.56 Å². The van der Waals surface area contributed by atoms with E-state index >= 15 is 0 Å². The van der Waals surface area contributed by atoms with E-state index < -0.39 is 11.7 Å². The Kier molecular flexibility index (Phi) is 4.39. The van der Waals surface area contributed by atoms with Crippen molar-refractivity contribution in [2.75, 3.05) is 20.5 Å². The van der Waals surface area contributed by atoms with Gasteiger partial charge < -0.3 is 15.2 Å². The Bertz CT molecular complexity index is 459. The van der Waals surface area contributed by atoms with Gasteiger partial charge in [-0.1, -0.05) is 0 Å². The molecular formula is C11H13NO4S. The maximum absolute atomic E-state index is 11.6. The SMILES string of the molecule is COc1cc(C(=O)C(N)=O)c(OC)cc1SC. The van der Waals surface area contributed by atoms with E-state index in [0.717, 1.165) is 4.90 Å². The van der Waals surface area contributed by atoms with Crippen LogP contribution in [0, 0.1) is 0 Å².